The number of nitrogens with one attached hydrogen (secondary N) is 1. The summed E-state index contributed by atoms with van der Waals surface area (Å²) < 4.78 is 0. The summed E-state index contributed by atoms with van der Waals surface area (Å²) in [5.74, 6) is 0.0271. The second-order valence-corrected chi connectivity index (χ2v) is 4.02. The quantitative estimate of drug-likeness (QED) is 0.777. The molecule has 0 saturated carbocycles. The second-order valence-electron chi connectivity index (χ2n) is 3.58. The van der Waals surface area contributed by atoms with Crippen LogP contribution in [0.5, 0.6) is 0 Å². The maximum atomic E-state index is 11.1. The van der Waals surface area contributed by atoms with Gasteiger partial charge in [0.2, 0.25) is 0 Å². The highest BCUT2D eigenvalue weighted by Crippen LogP contribution is 2.20. The molecule has 0 aromatic heterocycles. The van der Waals surface area contributed by atoms with E-state index in [2.05, 4.69) is 5.32 Å². The van der Waals surface area contributed by atoms with Crippen LogP contribution in [0.1, 0.15) is 31.1 Å². The number of benzene rings is 1. The van der Waals surface area contributed by atoms with Gasteiger partial charge in [-0.05, 0) is 39.0 Å². The van der Waals surface area contributed by atoms with E-state index >= 15 is 0 Å². The lowest BCUT2D eigenvalue weighted by Crippen LogP contribution is -2.10. The van der Waals surface area contributed by atoms with Crippen molar-refractivity contribution < 1.29 is 4.79 Å². The highest BCUT2D eigenvalue weighted by atomic mass is 35.5. The van der Waals surface area contributed by atoms with Gasteiger partial charge in [-0.25, -0.2) is 0 Å². The molecule has 0 amide bonds. The van der Waals surface area contributed by atoms with Gasteiger partial charge in [-0.2, -0.15) is 0 Å². The monoisotopic (exact) mass is 211 g/mol. The van der Waals surface area contributed by atoms with E-state index in [1.54, 1.807) is 6.07 Å². The SMILES string of the molecule is CC(=O)c1cc(Cl)cc(NC(C)C)c1. The van der Waals surface area contributed by atoms with Gasteiger partial charge in [0.1, 0.15) is 0 Å². The Morgan fingerprint density at radius 3 is 2.50 bits per heavy atom. The molecule has 0 spiro atoms. The Morgan fingerprint density at radius 1 is 1.36 bits per heavy atom. The average molecular weight is 212 g/mol. The van der Waals surface area contributed by atoms with Crippen LogP contribution in [-0.2, 0) is 0 Å². The van der Waals surface area contributed by atoms with Gasteiger partial charge in [0.15, 0.2) is 5.78 Å². The number of Topliss-reactive ketones (excluding diaryl/α,β-unsaturated/α-hetero) is 1. The number of carbonyl (C=O) groups excluding carboxylic acids is 1. The van der Waals surface area contributed by atoms with Gasteiger partial charge in [-0.1, -0.05) is 11.6 Å². The summed E-state index contributed by atoms with van der Waals surface area (Å²) in [7, 11) is 0. The fraction of sp³-hybridized carbons (Fsp3) is 0.364. The van der Waals surface area contributed by atoms with Crippen molar-refractivity contribution in [2.24, 2.45) is 0 Å². The van der Waals surface area contributed by atoms with E-state index < -0.39 is 0 Å². The third kappa shape index (κ3) is 3.04. The Kier molecular flexibility index (Phi) is 3.53. The minimum Gasteiger partial charge on any atom is -0.383 e. The fourth-order valence-corrected chi connectivity index (χ4v) is 1.44. The van der Waals surface area contributed by atoms with Crippen molar-refractivity contribution in [3.8, 4) is 0 Å². The minimum atomic E-state index is 0.0271. The molecule has 0 fully saturated rings. The van der Waals surface area contributed by atoms with Gasteiger partial charge in [-0.3, -0.25) is 4.79 Å². The normalized spacial score (nSPS) is 10.4. The largest absolute Gasteiger partial charge is 0.383 e. The van der Waals surface area contributed by atoms with E-state index in [1.807, 2.05) is 26.0 Å². The predicted octanol–water partition coefficient (Wildman–Crippen LogP) is 3.36. The van der Waals surface area contributed by atoms with E-state index in [4.69, 9.17) is 11.6 Å². The number of ketones is 1. The highest BCUT2D eigenvalue weighted by molar-refractivity contribution is 6.31. The van der Waals surface area contributed by atoms with Crippen LogP contribution in [0.4, 0.5) is 5.69 Å². The molecule has 1 aromatic rings. The smallest absolute Gasteiger partial charge is 0.159 e. The Hall–Kier alpha value is -1.02. The lowest BCUT2D eigenvalue weighted by molar-refractivity contribution is 0.101. The molecule has 0 bridgehead atoms. The molecule has 0 atom stereocenters. The number of anilines is 1. The van der Waals surface area contributed by atoms with E-state index in [0.717, 1.165) is 5.69 Å². The molecule has 0 radical (unpaired) electrons. The van der Waals surface area contributed by atoms with Crippen LogP contribution >= 0.6 is 11.6 Å². The first-order valence-corrected chi connectivity index (χ1v) is 4.95. The highest BCUT2D eigenvalue weighted by Gasteiger charge is 2.04. The summed E-state index contributed by atoms with van der Waals surface area (Å²) in [5, 5.41) is 3.79. The van der Waals surface area contributed by atoms with Gasteiger partial charge in [0.05, 0.1) is 0 Å². The molecule has 14 heavy (non-hydrogen) atoms. The van der Waals surface area contributed by atoms with Gasteiger partial charge < -0.3 is 5.32 Å². The minimum absolute atomic E-state index is 0.0271. The fourth-order valence-electron chi connectivity index (χ4n) is 1.21. The second kappa shape index (κ2) is 4.47. The zero-order chi connectivity index (χ0) is 10.7. The molecule has 0 saturated heterocycles. The zero-order valence-electron chi connectivity index (χ0n) is 8.60. The lowest BCUT2D eigenvalue weighted by Gasteiger charge is -2.11. The summed E-state index contributed by atoms with van der Waals surface area (Å²) in [5.41, 5.74) is 1.53. The summed E-state index contributed by atoms with van der Waals surface area (Å²) in [6.45, 7) is 5.60. The van der Waals surface area contributed by atoms with Crippen molar-refractivity contribution in [2.45, 2.75) is 26.8 Å². The summed E-state index contributed by atoms with van der Waals surface area (Å²) in [6.07, 6.45) is 0. The predicted molar refractivity (Wildman–Crippen MR) is 60.2 cm³/mol. The Balaban J connectivity index is 3.01. The van der Waals surface area contributed by atoms with Gasteiger partial charge in [-0.15, -0.1) is 0 Å². The van der Waals surface area contributed by atoms with E-state index in [-0.39, 0.29) is 5.78 Å². The van der Waals surface area contributed by atoms with Crippen molar-refractivity contribution in [3.05, 3.63) is 28.8 Å². The molecule has 0 aliphatic rings. The van der Waals surface area contributed by atoms with Crippen LogP contribution in [0.25, 0.3) is 0 Å². The topological polar surface area (TPSA) is 29.1 Å². The lowest BCUT2D eigenvalue weighted by atomic mass is 10.1. The molecular formula is C11H14ClNO. The molecule has 1 aromatic carbocycles. The Labute approximate surface area is 89.3 Å². The van der Waals surface area contributed by atoms with Gasteiger partial charge in [0.25, 0.3) is 0 Å². The van der Waals surface area contributed by atoms with Crippen molar-refractivity contribution in [2.75, 3.05) is 5.32 Å². The Morgan fingerprint density at radius 2 is 2.00 bits per heavy atom. The first-order chi connectivity index (χ1) is 6.49. The standard InChI is InChI=1S/C11H14ClNO/c1-7(2)13-11-5-9(8(3)14)4-10(12)6-11/h4-7,13H,1-3H3. The molecule has 0 aliphatic heterocycles. The summed E-state index contributed by atoms with van der Waals surface area (Å²) >= 11 is 5.89. The van der Waals surface area contributed by atoms with Crippen molar-refractivity contribution in [1.29, 1.82) is 0 Å². The third-order valence-corrected chi connectivity index (χ3v) is 1.98. The van der Waals surface area contributed by atoms with Gasteiger partial charge in [0, 0.05) is 22.3 Å². The molecule has 76 valence electrons. The first kappa shape index (κ1) is 11.1. The summed E-state index contributed by atoms with van der Waals surface area (Å²) in [6, 6.07) is 5.63. The Bertz CT molecular complexity index is 347. The van der Waals surface area contributed by atoms with Gasteiger partial charge >= 0.3 is 0 Å². The molecule has 1 N–H and O–H groups in total. The number of carbonyl (C=O) groups is 1. The van der Waals surface area contributed by atoms with Crippen molar-refractivity contribution in [3.63, 3.8) is 0 Å². The van der Waals surface area contributed by atoms with Crippen LogP contribution < -0.4 is 5.32 Å². The van der Waals surface area contributed by atoms with Crippen molar-refractivity contribution >= 4 is 23.1 Å². The maximum absolute atomic E-state index is 11.1. The van der Waals surface area contributed by atoms with Crippen LogP contribution in [0.2, 0.25) is 5.02 Å². The summed E-state index contributed by atoms with van der Waals surface area (Å²) in [4.78, 5) is 11.1. The average Bonchev–Trinajstić information content (AvgIpc) is 2.01. The van der Waals surface area contributed by atoms with Crippen LogP contribution in [0, 0.1) is 0 Å². The molecular weight excluding hydrogens is 198 g/mol. The van der Waals surface area contributed by atoms with E-state index in [1.165, 1.54) is 6.92 Å². The zero-order valence-corrected chi connectivity index (χ0v) is 9.35. The van der Waals surface area contributed by atoms with Crippen LogP contribution in [0.3, 0.4) is 0 Å². The van der Waals surface area contributed by atoms with E-state index in [0.29, 0.717) is 16.6 Å². The molecule has 0 unspecified atom stereocenters. The molecule has 0 heterocycles. The van der Waals surface area contributed by atoms with Crippen LogP contribution in [-0.4, -0.2) is 11.8 Å². The number of hydrogen-bond donors (Lipinski definition) is 1. The molecule has 1 rings (SSSR count). The third-order valence-electron chi connectivity index (χ3n) is 1.76. The van der Waals surface area contributed by atoms with E-state index in [9.17, 15) is 4.79 Å². The van der Waals surface area contributed by atoms with Crippen molar-refractivity contribution in [1.82, 2.24) is 0 Å². The number of hydrogen-bond acceptors (Lipinski definition) is 2. The molecule has 3 heteroatoms. The first-order valence-electron chi connectivity index (χ1n) is 4.57. The molecule has 2 nitrogen and oxygen atoms in total. The number of rotatable bonds is 3. The number of halogens is 1. The van der Waals surface area contributed by atoms with Crippen LogP contribution in [0.15, 0.2) is 18.2 Å². The maximum Gasteiger partial charge on any atom is 0.159 e. The molecule has 0 aliphatic carbocycles.